The number of nitrogens with one attached hydrogen (secondary N) is 2. The molecule has 3 amide bonds. The van der Waals surface area contributed by atoms with Crippen LogP contribution in [0, 0.1) is 5.92 Å². The average Bonchev–Trinajstić information content (AvgIpc) is 3.13. The number of hydrazine groups is 1. The number of carbonyl (C=O) groups is 4. The van der Waals surface area contributed by atoms with Crippen LogP contribution in [-0.4, -0.2) is 36.8 Å². The summed E-state index contributed by atoms with van der Waals surface area (Å²) in [6.45, 7) is -0.445. The molecular formula is C20H17Cl2N3O5. The van der Waals surface area contributed by atoms with E-state index in [9.17, 15) is 19.2 Å². The van der Waals surface area contributed by atoms with Gasteiger partial charge in [-0.3, -0.25) is 30.0 Å². The highest BCUT2D eigenvalue weighted by atomic mass is 35.5. The van der Waals surface area contributed by atoms with Gasteiger partial charge in [0.05, 0.1) is 5.92 Å². The first-order valence-corrected chi connectivity index (χ1v) is 9.66. The van der Waals surface area contributed by atoms with Crippen LogP contribution in [0.5, 0.6) is 0 Å². The molecule has 0 bridgehead atoms. The van der Waals surface area contributed by atoms with Crippen molar-refractivity contribution in [1.82, 2.24) is 10.9 Å². The number of hydrogen-bond donors (Lipinski definition) is 2. The van der Waals surface area contributed by atoms with E-state index < -0.39 is 30.3 Å². The third-order valence-electron chi connectivity index (χ3n) is 4.36. The third-order valence-corrected chi connectivity index (χ3v) is 4.87. The highest BCUT2D eigenvalue weighted by Crippen LogP contribution is 2.26. The number of ether oxygens (including phenoxy) is 1. The third kappa shape index (κ3) is 5.49. The van der Waals surface area contributed by atoms with Crippen molar-refractivity contribution in [3.05, 3.63) is 64.1 Å². The number of benzene rings is 2. The molecule has 0 saturated carbocycles. The van der Waals surface area contributed by atoms with Gasteiger partial charge in [0, 0.05) is 34.3 Å². The van der Waals surface area contributed by atoms with Crippen molar-refractivity contribution >= 4 is 52.6 Å². The number of halogens is 2. The molecule has 2 aromatic rings. The minimum absolute atomic E-state index is 0.0175. The minimum atomic E-state index is -0.718. The van der Waals surface area contributed by atoms with Crippen molar-refractivity contribution in [3.63, 3.8) is 0 Å². The predicted octanol–water partition coefficient (Wildman–Crippen LogP) is 2.35. The van der Waals surface area contributed by atoms with Gasteiger partial charge in [-0.05, 0) is 48.5 Å². The SMILES string of the molecule is O=C(COC(=O)[C@@H]1CC(=O)N(c2ccc(Cl)cc2)C1)NNC(=O)c1ccc(Cl)cc1. The molecule has 1 atom stereocenters. The summed E-state index contributed by atoms with van der Waals surface area (Å²) < 4.78 is 4.97. The van der Waals surface area contributed by atoms with Gasteiger partial charge in [0.1, 0.15) is 0 Å². The Morgan fingerprint density at radius 1 is 0.967 bits per heavy atom. The predicted molar refractivity (Wildman–Crippen MR) is 110 cm³/mol. The Bertz CT molecular complexity index is 963. The number of hydrogen-bond acceptors (Lipinski definition) is 5. The van der Waals surface area contributed by atoms with E-state index in [1.165, 1.54) is 29.2 Å². The molecule has 2 aromatic carbocycles. The van der Waals surface area contributed by atoms with E-state index in [4.69, 9.17) is 27.9 Å². The molecule has 1 fully saturated rings. The topological polar surface area (TPSA) is 105 Å². The Morgan fingerprint density at radius 2 is 1.57 bits per heavy atom. The van der Waals surface area contributed by atoms with Gasteiger partial charge in [0.2, 0.25) is 5.91 Å². The zero-order valence-electron chi connectivity index (χ0n) is 15.6. The Kier molecular flexibility index (Phi) is 6.91. The molecule has 1 heterocycles. The van der Waals surface area contributed by atoms with Gasteiger partial charge >= 0.3 is 5.97 Å². The first-order valence-electron chi connectivity index (χ1n) is 8.91. The molecule has 0 unspecified atom stereocenters. The average molecular weight is 450 g/mol. The number of esters is 1. The van der Waals surface area contributed by atoms with Crippen LogP contribution in [0.15, 0.2) is 48.5 Å². The lowest BCUT2D eigenvalue weighted by atomic mass is 10.1. The van der Waals surface area contributed by atoms with Crippen molar-refractivity contribution in [2.75, 3.05) is 18.1 Å². The van der Waals surface area contributed by atoms with Crippen LogP contribution in [0.4, 0.5) is 5.69 Å². The Hall–Kier alpha value is -3.10. The molecule has 0 aromatic heterocycles. The fraction of sp³-hybridized carbons (Fsp3) is 0.200. The number of carbonyl (C=O) groups excluding carboxylic acids is 4. The molecule has 8 nitrogen and oxygen atoms in total. The maximum Gasteiger partial charge on any atom is 0.311 e. The van der Waals surface area contributed by atoms with Crippen LogP contribution in [-0.2, 0) is 19.1 Å². The Labute approximate surface area is 182 Å². The van der Waals surface area contributed by atoms with Crippen LogP contribution in [0.25, 0.3) is 0 Å². The van der Waals surface area contributed by atoms with E-state index in [-0.39, 0.29) is 18.9 Å². The van der Waals surface area contributed by atoms with Crippen molar-refractivity contribution in [2.24, 2.45) is 5.92 Å². The summed E-state index contributed by atoms with van der Waals surface area (Å²) in [5.41, 5.74) is 5.28. The second-order valence-electron chi connectivity index (χ2n) is 6.50. The van der Waals surface area contributed by atoms with Crippen molar-refractivity contribution < 1.29 is 23.9 Å². The van der Waals surface area contributed by atoms with Gasteiger partial charge in [0.15, 0.2) is 6.61 Å². The van der Waals surface area contributed by atoms with Crippen LogP contribution in [0.3, 0.4) is 0 Å². The Balaban J connectivity index is 1.44. The fourth-order valence-corrected chi connectivity index (χ4v) is 3.08. The van der Waals surface area contributed by atoms with E-state index in [1.54, 1.807) is 24.3 Å². The van der Waals surface area contributed by atoms with Crippen LogP contribution in [0.1, 0.15) is 16.8 Å². The summed E-state index contributed by atoms with van der Waals surface area (Å²) in [5.74, 6) is -2.85. The number of anilines is 1. The van der Waals surface area contributed by atoms with Gasteiger partial charge in [-0.2, -0.15) is 0 Å². The Morgan fingerprint density at radius 3 is 2.20 bits per heavy atom. The van der Waals surface area contributed by atoms with E-state index in [2.05, 4.69) is 10.9 Å². The standard InChI is InChI=1S/C20H17Cl2N3O5/c21-14-3-1-12(2-4-14)19(28)24-23-17(26)11-30-20(29)13-9-18(27)25(10-13)16-7-5-15(22)6-8-16/h1-8,13H,9-11H2,(H,23,26)(H,24,28)/t13-/m1/s1. The molecule has 1 saturated heterocycles. The van der Waals surface area contributed by atoms with Gasteiger partial charge in [-0.15, -0.1) is 0 Å². The molecule has 30 heavy (non-hydrogen) atoms. The molecule has 0 spiro atoms. The molecule has 156 valence electrons. The number of amides is 3. The molecule has 0 radical (unpaired) electrons. The van der Waals surface area contributed by atoms with Crippen LogP contribution in [0.2, 0.25) is 10.0 Å². The molecule has 1 aliphatic rings. The summed E-state index contributed by atoms with van der Waals surface area (Å²) in [7, 11) is 0. The minimum Gasteiger partial charge on any atom is -0.455 e. The van der Waals surface area contributed by atoms with Gasteiger partial charge < -0.3 is 9.64 Å². The van der Waals surface area contributed by atoms with Crippen molar-refractivity contribution in [2.45, 2.75) is 6.42 Å². The van der Waals surface area contributed by atoms with Crippen molar-refractivity contribution in [1.29, 1.82) is 0 Å². The smallest absolute Gasteiger partial charge is 0.311 e. The summed E-state index contributed by atoms with van der Waals surface area (Å²) in [6.07, 6.45) is -0.0175. The molecular weight excluding hydrogens is 433 g/mol. The lowest BCUT2D eigenvalue weighted by Gasteiger charge is -2.16. The summed E-state index contributed by atoms with van der Waals surface area (Å²) in [5, 5.41) is 1.01. The highest BCUT2D eigenvalue weighted by molar-refractivity contribution is 6.31. The number of nitrogens with zero attached hydrogens (tertiary/aromatic N) is 1. The fourth-order valence-electron chi connectivity index (χ4n) is 2.83. The zero-order valence-corrected chi connectivity index (χ0v) is 17.1. The van der Waals surface area contributed by atoms with E-state index >= 15 is 0 Å². The lowest BCUT2D eigenvalue weighted by molar-refractivity contribution is -0.152. The maximum absolute atomic E-state index is 12.2. The van der Waals surface area contributed by atoms with Gasteiger partial charge in [-0.1, -0.05) is 23.2 Å². The second-order valence-corrected chi connectivity index (χ2v) is 7.37. The van der Waals surface area contributed by atoms with E-state index in [1.807, 2.05) is 0 Å². The summed E-state index contributed by atoms with van der Waals surface area (Å²) in [4.78, 5) is 49.6. The second kappa shape index (κ2) is 9.60. The zero-order chi connectivity index (χ0) is 21.7. The normalized spacial score (nSPS) is 15.6. The monoisotopic (exact) mass is 449 g/mol. The highest BCUT2D eigenvalue weighted by Gasteiger charge is 2.36. The van der Waals surface area contributed by atoms with E-state index in [0.717, 1.165) is 0 Å². The van der Waals surface area contributed by atoms with Crippen LogP contribution < -0.4 is 15.8 Å². The molecule has 10 heteroatoms. The maximum atomic E-state index is 12.2. The first kappa shape index (κ1) is 21.6. The quantitative estimate of drug-likeness (QED) is 0.538. The molecule has 2 N–H and O–H groups in total. The number of rotatable bonds is 5. The van der Waals surface area contributed by atoms with Crippen LogP contribution >= 0.6 is 23.2 Å². The molecule has 3 rings (SSSR count). The van der Waals surface area contributed by atoms with Gasteiger partial charge in [0.25, 0.3) is 11.8 Å². The summed E-state index contributed by atoms with van der Waals surface area (Å²) >= 11 is 11.6. The molecule has 0 aliphatic carbocycles. The lowest BCUT2D eigenvalue weighted by Crippen LogP contribution is -2.43. The summed E-state index contributed by atoms with van der Waals surface area (Å²) in [6, 6.07) is 12.7. The first-order chi connectivity index (χ1) is 14.3. The van der Waals surface area contributed by atoms with E-state index in [0.29, 0.717) is 21.3 Å². The largest absolute Gasteiger partial charge is 0.455 e. The van der Waals surface area contributed by atoms with Crippen molar-refractivity contribution in [3.8, 4) is 0 Å². The van der Waals surface area contributed by atoms with Gasteiger partial charge in [-0.25, -0.2) is 0 Å². The molecule has 1 aliphatic heterocycles.